The van der Waals surface area contributed by atoms with Crippen LogP contribution in [0.3, 0.4) is 0 Å². The summed E-state index contributed by atoms with van der Waals surface area (Å²) in [5.41, 5.74) is 12.6. The third-order valence-corrected chi connectivity index (χ3v) is 2.60. The maximum absolute atomic E-state index is 10.9. The predicted octanol–water partition coefficient (Wildman–Crippen LogP) is 2.51. The smallest absolute Gasteiger partial charge is 0.248 e. The van der Waals surface area contributed by atoms with Gasteiger partial charge in [-0.25, -0.2) is 0 Å². The van der Waals surface area contributed by atoms with E-state index in [-0.39, 0.29) is 0 Å². The highest BCUT2D eigenvalue weighted by atomic mass is 16.5. The molecule has 4 nitrogen and oxygen atoms in total. The fraction of sp³-hybridized carbons (Fsp3) is 0. The maximum Gasteiger partial charge on any atom is 0.248 e. The first-order valence-electron chi connectivity index (χ1n) is 5.69. The van der Waals surface area contributed by atoms with Crippen molar-refractivity contribution < 1.29 is 9.53 Å². The third kappa shape index (κ3) is 3.13. The molecule has 0 aliphatic carbocycles. The fourth-order valence-corrected chi connectivity index (χ4v) is 1.56. The predicted molar refractivity (Wildman–Crippen MR) is 74.7 cm³/mol. The molecular weight excluding hydrogens is 240 g/mol. The summed E-state index contributed by atoms with van der Waals surface area (Å²) in [5, 5.41) is 0. The zero-order chi connectivity index (χ0) is 13.8. The molecular formula is C15H14N2O2. The number of primary amides is 1. The lowest BCUT2D eigenvalue weighted by Gasteiger charge is -2.07. The Hall–Kier alpha value is -2.75. The highest BCUT2D eigenvalue weighted by Crippen LogP contribution is 2.22. The van der Waals surface area contributed by atoms with Crippen molar-refractivity contribution in [1.82, 2.24) is 0 Å². The molecule has 0 aliphatic heterocycles. The average molecular weight is 254 g/mol. The SMILES string of the molecule is C=C(N)c1ccc(Oc2ccc(C(N)=O)cc2)cc1. The summed E-state index contributed by atoms with van der Waals surface area (Å²) >= 11 is 0. The molecule has 19 heavy (non-hydrogen) atoms. The van der Waals surface area contributed by atoms with Crippen LogP contribution in [0, 0.1) is 0 Å². The lowest BCUT2D eigenvalue weighted by atomic mass is 10.2. The molecule has 96 valence electrons. The van der Waals surface area contributed by atoms with Gasteiger partial charge < -0.3 is 16.2 Å². The number of amides is 1. The quantitative estimate of drug-likeness (QED) is 0.879. The summed E-state index contributed by atoms with van der Waals surface area (Å²) < 4.78 is 5.63. The van der Waals surface area contributed by atoms with Gasteiger partial charge in [0.1, 0.15) is 11.5 Å². The number of nitrogens with two attached hydrogens (primary N) is 2. The molecule has 4 heteroatoms. The highest BCUT2D eigenvalue weighted by Gasteiger charge is 2.02. The second-order valence-electron chi connectivity index (χ2n) is 4.04. The van der Waals surface area contributed by atoms with Gasteiger partial charge in [-0.15, -0.1) is 0 Å². The molecule has 0 saturated heterocycles. The Balaban J connectivity index is 2.12. The number of ether oxygens (including phenoxy) is 1. The summed E-state index contributed by atoms with van der Waals surface area (Å²) in [6, 6.07) is 13.9. The van der Waals surface area contributed by atoms with Gasteiger partial charge in [-0.1, -0.05) is 6.58 Å². The van der Waals surface area contributed by atoms with Crippen LogP contribution in [0.2, 0.25) is 0 Å². The Morgan fingerprint density at radius 3 is 1.63 bits per heavy atom. The zero-order valence-electron chi connectivity index (χ0n) is 10.3. The van der Waals surface area contributed by atoms with E-state index in [2.05, 4.69) is 6.58 Å². The number of rotatable bonds is 4. The van der Waals surface area contributed by atoms with Gasteiger partial charge in [-0.2, -0.15) is 0 Å². The number of carbonyl (C=O) groups excluding carboxylic acids is 1. The van der Waals surface area contributed by atoms with Gasteiger partial charge in [-0.05, 0) is 54.1 Å². The molecule has 2 rings (SSSR count). The van der Waals surface area contributed by atoms with Crippen LogP contribution in [0.5, 0.6) is 11.5 Å². The summed E-state index contributed by atoms with van der Waals surface area (Å²) in [6.07, 6.45) is 0. The van der Waals surface area contributed by atoms with E-state index in [0.29, 0.717) is 22.8 Å². The Bertz CT molecular complexity index is 546. The van der Waals surface area contributed by atoms with Crippen molar-refractivity contribution in [2.75, 3.05) is 0 Å². The Labute approximate surface area is 111 Å². The molecule has 0 saturated carbocycles. The largest absolute Gasteiger partial charge is 0.457 e. The van der Waals surface area contributed by atoms with E-state index < -0.39 is 5.91 Å². The van der Waals surface area contributed by atoms with E-state index >= 15 is 0 Å². The standard InChI is InChI=1S/C15H14N2O2/c1-10(16)11-2-6-13(7-3-11)19-14-8-4-12(5-9-14)15(17)18/h2-9H,1,16H2,(H2,17,18). The summed E-state index contributed by atoms with van der Waals surface area (Å²) in [4.78, 5) is 10.9. The van der Waals surface area contributed by atoms with E-state index in [1.165, 1.54) is 0 Å². The third-order valence-electron chi connectivity index (χ3n) is 2.60. The van der Waals surface area contributed by atoms with Gasteiger partial charge in [0.25, 0.3) is 0 Å². The molecule has 0 spiro atoms. The Morgan fingerprint density at radius 1 is 0.842 bits per heavy atom. The molecule has 1 amide bonds. The highest BCUT2D eigenvalue weighted by molar-refractivity contribution is 5.92. The zero-order valence-corrected chi connectivity index (χ0v) is 10.3. The molecule has 0 atom stereocenters. The summed E-state index contributed by atoms with van der Waals surface area (Å²) in [6.45, 7) is 3.66. The molecule has 0 heterocycles. The lowest BCUT2D eigenvalue weighted by molar-refractivity contribution is 0.100. The number of benzene rings is 2. The van der Waals surface area contributed by atoms with Crippen LogP contribution in [0.15, 0.2) is 55.1 Å². The molecule has 0 aliphatic rings. The molecule has 0 bridgehead atoms. The van der Waals surface area contributed by atoms with Gasteiger partial charge in [0.05, 0.1) is 0 Å². The van der Waals surface area contributed by atoms with Crippen molar-refractivity contribution in [1.29, 1.82) is 0 Å². The normalized spacial score (nSPS) is 9.89. The van der Waals surface area contributed by atoms with Crippen molar-refractivity contribution in [2.24, 2.45) is 11.5 Å². The van der Waals surface area contributed by atoms with E-state index in [9.17, 15) is 4.79 Å². The van der Waals surface area contributed by atoms with Crippen molar-refractivity contribution in [3.63, 3.8) is 0 Å². The molecule has 0 unspecified atom stereocenters. The van der Waals surface area contributed by atoms with Gasteiger partial charge in [0, 0.05) is 11.3 Å². The van der Waals surface area contributed by atoms with Gasteiger partial charge in [0.15, 0.2) is 0 Å². The van der Waals surface area contributed by atoms with Gasteiger partial charge >= 0.3 is 0 Å². The van der Waals surface area contributed by atoms with E-state index in [0.717, 1.165) is 5.56 Å². The van der Waals surface area contributed by atoms with E-state index in [1.807, 2.05) is 12.1 Å². The molecule has 0 radical (unpaired) electrons. The average Bonchev–Trinajstić information content (AvgIpc) is 2.40. The van der Waals surface area contributed by atoms with Crippen LogP contribution < -0.4 is 16.2 Å². The first-order valence-corrected chi connectivity index (χ1v) is 5.69. The second kappa shape index (κ2) is 5.27. The number of hydrogen-bond acceptors (Lipinski definition) is 3. The molecule has 2 aromatic carbocycles. The minimum atomic E-state index is -0.461. The first-order chi connectivity index (χ1) is 9.06. The fourth-order valence-electron chi connectivity index (χ4n) is 1.56. The Kier molecular flexibility index (Phi) is 3.52. The molecule has 0 aromatic heterocycles. The first kappa shape index (κ1) is 12.7. The van der Waals surface area contributed by atoms with Crippen LogP contribution >= 0.6 is 0 Å². The van der Waals surface area contributed by atoms with Crippen molar-refractivity contribution >= 4 is 11.6 Å². The van der Waals surface area contributed by atoms with E-state index in [4.69, 9.17) is 16.2 Å². The van der Waals surface area contributed by atoms with E-state index in [1.54, 1.807) is 36.4 Å². The number of carbonyl (C=O) groups is 1. The summed E-state index contributed by atoms with van der Waals surface area (Å²) in [7, 11) is 0. The summed E-state index contributed by atoms with van der Waals surface area (Å²) in [5.74, 6) is 0.846. The Morgan fingerprint density at radius 2 is 1.26 bits per heavy atom. The van der Waals surface area contributed by atoms with Crippen LogP contribution in [-0.2, 0) is 0 Å². The minimum absolute atomic E-state index is 0.446. The van der Waals surface area contributed by atoms with Gasteiger partial charge in [0.2, 0.25) is 5.91 Å². The van der Waals surface area contributed by atoms with Gasteiger partial charge in [-0.3, -0.25) is 4.79 Å². The lowest BCUT2D eigenvalue weighted by Crippen LogP contribution is -2.10. The van der Waals surface area contributed by atoms with Crippen molar-refractivity contribution in [3.05, 3.63) is 66.2 Å². The molecule has 0 fully saturated rings. The van der Waals surface area contributed by atoms with Crippen molar-refractivity contribution in [3.8, 4) is 11.5 Å². The maximum atomic E-state index is 10.9. The second-order valence-corrected chi connectivity index (χ2v) is 4.04. The topological polar surface area (TPSA) is 78.3 Å². The molecule has 2 aromatic rings. The van der Waals surface area contributed by atoms with Crippen molar-refractivity contribution in [2.45, 2.75) is 0 Å². The van der Waals surface area contributed by atoms with Crippen LogP contribution in [-0.4, -0.2) is 5.91 Å². The number of hydrogen-bond donors (Lipinski definition) is 2. The van der Waals surface area contributed by atoms with Crippen LogP contribution in [0.25, 0.3) is 5.70 Å². The minimum Gasteiger partial charge on any atom is -0.457 e. The monoisotopic (exact) mass is 254 g/mol. The van der Waals surface area contributed by atoms with Crippen LogP contribution in [0.1, 0.15) is 15.9 Å². The molecule has 4 N–H and O–H groups in total. The van der Waals surface area contributed by atoms with Crippen LogP contribution in [0.4, 0.5) is 0 Å².